The van der Waals surface area contributed by atoms with Crippen molar-refractivity contribution in [3.63, 3.8) is 0 Å². The second-order valence-electron chi connectivity index (χ2n) is 4.82. The summed E-state index contributed by atoms with van der Waals surface area (Å²) in [7, 11) is 0. The van der Waals surface area contributed by atoms with Gasteiger partial charge in [0.05, 0.1) is 5.92 Å². The normalized spacial score (nSPS) is 18.4. The van der Waals surface area contributed by atoms with E-state index in [1.165, 1.54) is 0 Å². The van der Waals surface area contributed by atoms with Crippen molar-refractivity contribution in [2.45, 2.75) is 19.8 Å². The Balaban J connectivity index is 2.11. The first-order chi connectivity index (χ1) is 9.51. The second-order valence-corrected chi connectivity index (χ2v) is 5.70. The van der Waals surface area contributed by atoms with Crippen LogP contribution in [0.4, 0.5) is 5.69 Å². The molecule has 1 aromatic carbocycles. The number of nitrogens with one attached hydrogen (secondary N) is 1. The summed E-state index contributed by atoms with van der Waals surface area (Å²) in [6.07, 6.45) is 1.10. The van der Waals surface area contributed by atoms with Crippen LogP contribution in [0, 0.1) is 5.92 Å². The van der Waals surface area contributed by atoms with Gasteiger partial charge in [0.2, 0.25) is 11.8 Å². The molecule has 2 rings (SSSR count). The third-order valence-corrected chi connectivity index (χ3v) is 3.64. The molecular weight excluding hydrogens is 299 g/mol. The Labute approximate surface area is 128 Å². The Bertz CT molecular complexity index is 514. The number of carbonyl (C=O) groups excluding carboxylic acids is 2. The van der Waals surface area contributed by atoms with E-state index in [9.17, 15) is 9.59 Å². The van der Waals surface area contributed by atoms with Crippen LogP contribution in [0.1, 0.15) is 19.8 Å². The molecule has 1 unspecified atom stereocenters. The van der Waals surface area contributed by atoms with Crippen LogP contribution in [-0.2, 0) is 9.59 Å². The monoisotopic (exact) mass is 314 g/mol. The Morgan fingerprint density at radius 3 is 2.60 bits per heavy atom. The summed E-state index contributed by atoms with van der Waals surface area (Å²) in [5.74, 6) is -0.470. The van der Waals surface area contributed by atoms with Crippen LogP contribution >= 0.6 is 23.2 Å². The second kappa shape index (κ2) is 6.46. The minimum Gasteiger partial charge on any atom is -0.356 e. The maximum atomic E-state index is 12.0. The minimum atomic E-state index is -0.313. The highest BCUT2D eigenvalue weighted by Crippen LogP contribution is 2.30. The summed E-state index contributed by atoms with van der Waals surface area (Å²) < 4.78 is 0. The molecular formula is C14H16Cl2N2O2. The molecule has 4 nitrogen and oxygen atoms in total. The minimum absolute atomic E-state index is 0.0733. The molecule has 0 radical (unpaired) electrons. The van der Waals surface area contributed by atoms with Gasteiger partial charge in [-0.25, -0.2) is 0 Å². The Hall–Kier alpha value is -1.26. The molecule has 0 aromatic heterocycles. The van der Waals surface area contributed by atoms with Crippen LogP contribution < -0.4 is 10.2 Å². The van der Waals surface area contributed by atoms with E-state index in [0.717, 1.165) is 6.42 Å². The zero-order valence-corrected chi connectivity index (χ0v) is 12.7. The summed E-state index contributed by atoms with van der Waals surface area (Å²) in [4.78, 5) is 25.5. The average Bonchev–Trinajstić information content (AvgIpc) is 2.77. The first-order valence-corrected chi connectivity index (χ1v) is 7.31. The number of halogens is 2. The maximum absolute atomic E-state index is 12.0. The quantitative estimate of drug-likeness (QED) is 0.929. The summed E-state index contributed by atoms with van der Waals surface area (Å²) in [5.41, 5.74) is 0.637. The first kappa shape index (κ1) is 15.1. The number of rotatable bonds is 4. The van der Waals surface area contributed by atoms with Gasteiger partial charge in [0.15, 0.2) is 0 Å². The first-order valence-electron chi connectivity index (χ1n) is 6.55. The molecule has 1 atom stereocenters. The van der Waals surface area contributed by atoms with Crippen molar-refractivity contribution in [1.29, 1.82) is 0 Å². The zero-order chi connectivity index (χ0) is 14.7. The van der Waals surface area contributed by atoms with Crippen LogP contribution in [0.25, 0.3) is 0 Å². The van der Waals surface area contributed by atoms with E-state index in [2.05, 4.69) is 5.32 Å². The summed E-state index contributed by atoms with van der Waals surface area (Å²) >= 11 is 11.9. The lowest BCUT2D eigenvalue weighted by Gasteiger charge is -2.17. The number of benzene rings is 1. The molecule has 1 fully saturated rings. The highest BCUT2D eigenvalue weighted by molar-refractivity contribution is 6.35. The van der Waals surface area contributed by atoms with E-state index in [1.807, 2.05) is 6.92 Å². The molecule has 1 heterocycles. The van der Waals surface area contributed by atoms with Crippen molar-refractivity contribution in [3.8, 4) is 0 Å². The molecule has 108 valence electrons. The van der Waals surface area contributed by atoms with Crippen LogP contribution in [-0.4, -0.2) is 24.9 Å². The fraction of sp³-hybridized carbons (Fsp3) is 0.429. The Morgan fingerprint density at radius 2 is 2.00 bits per heavy atom. The SMILES string of the molecule is CCCNC(=O)C1CC(=O)N(c2cc(Cl)cc(Cl)c2)C1. The van der Waals surface area contributed by atoms with E-state index in [0.29, 0.717) is 28.8 Å². The fourth-order valence-electron chi connectivity index (χ4n) is 2.22. The number of anilines is 1. The lowest BCUT2D eigenvalue weighted by atomic mass is 10.1. The van der Waals surface area contributed by atoms with Crippen molar-refractivity contribution < 1.29 is 9.59 Å². The van der Waals surface area contributed by atoms with Crippen molar-refractivity contribution in [2.24, 2.45) is 5.92 Å². The van der Waals surface area contributed by atoms with Gasteiger partial charge in [-0.2, -0.15) is 0 Å². The molecule has 6 heteroatoms. The van der Waals surface area contributed by atoms with Gasteiger partial charge >= 0.3 is 0 Å². The molecule has 1 N–H and O–H groups in total. The maximum Gasteiger partial charge on any atom is 0.227 e. The fourth-order valence-corrected chi connectivity index (χ4v) is 2.73. The molecule has 1 saturated heterocycles. The predicted molar refractivity (Wildman–Crippen MR) is 80.2 cm³/mol. The van der Waals surface area contributed by atoms with E-state index in [1.54, 1.807) is 23.1 Å². The smallest absolute Gasteiger partial charge is 0.227 e. The van der Waals surface area contributed by atoms with Crippen LogP contribution in [0.2, 0.25) is 10.0 Å². The van der Waals surface area contributed by atoms with Gasteiger partial charge in [-0.3, -0.25) is 9.59 Å². The Morgan fingerprint density at radius 1 is 1.35 bits per heavy atom. The summed E-state index contributed by atoms with van der Waals surface area (Å²) in [5, 5.41) is 3.76. The third kappa shape index (κ3) is 3.44. The molecule has 20 heavy (non-hydrogen) atoms. The van der Waals surface area contributed by atoms with Crippen molar-refractivity contribution in [2.75, 3.05) is 18.0 Å². The lowest BCUT2D eigenvalue weighted by Crippen LogP contribution is -2.33. The third-order valence-electron chi connectivity index (χ3n) is 3.20. The van der Waals surface area contributed by atoms with Gasteiger partial charge in [0.1, 0.15) is 0 Å². The molecule has 1 aliphatic heterocycles. The zero-order valence-electron chi connectivity index (χ0n) is 11.2. The summed E-state index contributed by atoms with van der Waals surface area (Å²) in [6, 6.07) is 4.97. The van der Waals surface area contributed by atoms with E-state index < -0.39 is 0 Å². The van der Waals surface area contributed by atoms with Gasteiger partial charge in [0, 0.05) is 35.2 Å². The largest absolute Gasteiger partial charge is 0.356 e. The van der Waals surface area contributed by atoms with Crippen molar-refractivity contribution in [1.82, 2.24) is 5.32 Å². The number of nitrogens with zero attached hydrogens (tertiary/aromatic N) is 1. The van der Waals surface area contributed by atoms with Crippen LogP contribution in [0.15, 0.2) is 18.2 Å². The highest BCUT2D eigenvalue weighted by Gasteiger charge is 2.35. The highest BCUT2D eigenvalue weighted by atomic mass is 35.5. The van der Waals surface area contributed by atoms with Gasteiger partial charge in [-0.1, -0.05) is 30.1 Å². The van der Waals surface area contributed by atoms with Crippen LogP contribution in [0.3, 0.4) is 0 Å². The van der Waals surface area contributed by atoms with Crippen molar-refractivity contribution >= 4 is 40.7 Å². The van der Waals surface area contributed by atoms with Gasteiger partial charge in [-0.15, -0.1) is 0 Å². The van der Waals surface area contributed by atoms with Gasteiger partial charge < -0.3 is 10.2 Å². The molecule has 2 amide bonds. The van der Waals surface area contributed by atoms with Gasteiger partial charge in [-0.05, 0) is 24.6 Å². The van der Waals surface area contributed by atoms with Crippen LogP contribution in [0.5, 0.6) is 0 Å². The average molecular weight is 315 g/mol. The number of hydrogen-bond acceptors (Lipinski definition) is 2. The standard InChI is InChI=1S/C14H16Cl2N2O2/c1-2-3-17-14(20)9-4-13(19)18(8-9)12-6-10(15)5-11(16)7-12/h5-7,9H,2-4,8H2,1H3,(H,17,20). The molecule has 0 saturated carbocycles. The van der Waals surface area contributed by atoms with E-state index in [4.69, 9.17) is 23.2 Å². The van der Waals surface area contributed by atoms with Crippen molar-refractivity contribution in [3.05, 3.63) is 28.2 Å². The number of hydrogen-bond donors (Lipinski definition) is 1. The van der Waals surface area contributed by atoms with E-state index in [-0.39, 0.29) is 24.2 Å². The number of amides is 2. The molecule has 0 aliphatic carbocycles. The topological polar surface area (TPSA) is 49.4 Å². The molecule has 1 aliphatic rings. The Kier molecular flexibility index (Phi) is 4.89. The predicted octanol–water partition coefficient (Wildman–Crippen LogP) is 2.87. The molecule has 0 bridgehead atoms. The van der Waals surface area contributed by atoms with Gasteiger partial charge in [0.25, 0.3) is 0 Å². The van der Waals surface area contributed by atoms with E-state index >= 15 is 0 Å². The lowest BCUT2D eigenvalue weighted by molar-refractivity contribution is -0.126. The molecule has 1 aromatic rings. The summed E-state index contributed by atoms with van der Waals surface area (Å²) in [6.45, 7) is 2.98. The number of carbonyl (C=O) groups is 2. The molecule has 0 spiro atoms.